The summed E-state index contributed by atoms with van der Waals surface area (Å²) in [5.74, 6) is 0.805. The predicted molar refractivity (Wildman–Crippen MR) is 72.6 cm³/mol. The van der Waals surface area contributed by atoms with Crippen LogP contribution in [0.5, 0.6) is 0 Å². The van der Waals surface area contributed by atoms with Gasteiger partial charge >= 0.3 is 0 Å². The molecular weight excluding hydrogens is 194 g/mol. The molecule has 0 aromatic carbocycles. The summed E-state index contributed by atoms with van der Waals surface area (Å²) in [6.45, 7) is 9.89. The van der Waals surface area contributed by atoms with Crippen molar-refractivity contribution in [1.29, 1.82) is 0 Å². The molecule has 1 nitrogen and oxygen atoms in total. The van der Waals surface area contributed by atoms with E-state index in [1.165, 1.54) is 19.3 Å². The molecule has 2 aliphatic rings. The molecule has 92 valence electrons. The van der Waals surface area contributed by atoms with Crippen LogP contribution in [0.1, 0.15) is 47.0 Å². The van der Waals surface area contributed by atoms with Gasteiger partial charge in [0.2, 0.25) is 0 Å². The molecule has 16 heavy (non-hydrogen) atoms. The zero-order valence-electron chi connectivity index (χ0n) is 11.6. The van der Waals surface area contributed by atoms with Crippen LogP contribution in [0.4, 0.5) is 0 Å². The van der Waals surface area contributed by atoms with Crippen molar-refractivity contribution in [2.24, 2.45) is 5.92 Å². The minimum Gasteiger partial charge on any atom is -0.299 e. The second-order valence-electron chi connectivity index (χ2n) is 4.91. The van der Waals surface area contributed by atoms with Crippen molar-refractivity contribution in [3.8, 4) is 0 Å². The Labute approximate surface area is 101 Å². The van der Waals surface area contributed by atoms with Crippen molar-refractivity contribution in [2.45, 2.75) is 53.0 Å². The van der Waals surface area contributed by atoms with E-state index in [9.17, 15) is 0 Å². The summed E-state index contributed by atoms with van der Waals surface area (Å²) < 4.78 is 0. The summed E-state index contributed by atoms with van der Waals surface area (Å²) in [6.07, 6.45) is 8.54. The number of allylic oxidation sites excluding steroid dienone is 2. The Balaban J connectivity index is 0.000000606. The van der Waals surface area contributed by atoms with E-state index in [2.05, 4.69) is 37.9 Å². The lowest BCUT2D eigenvalue weighted by Crippen LogP contribution is -2.33. The number of rotatable bonds is 0. The van der Waals surface area contributed by atoms with Crippen molar-refractivity contribution in [2.75, 3.05) is 13.6 Å². The molecule has 2 atom stereocenters. The number of nitrogens with zero attached hydrogens (tertiary/aromatic N) is 1. The molecule has 2 rings (SSSR count). The van der Waals surface area contributed by atoms with E-state index in [-0.39, 0.29) is 0 Å². The van der Waals surface area contributed by atoms with Crippen LogP contribution in [-0.4, -0.2) is 24.5 Å². The molecule has 1 aliphatic heterocycles. The second kappa shape index (κ2) is 6.24. The van der Waals surface area contributed by atoms with Gasteiger partial charge in [0.15, 0.2) is 0 Å². The van der Waals surface area contributed by atoms with Crippen LogP contribution in [0.3, 0.4) is 0 Å². The van der Waals surface area contributed by atoms with Gasteiger partial charge in [-0.05, 0) is 44.7 Å². The number of hydrogen-bond acceptors (Lipinski definition) is 1. The molecule has 0 saturated heterocycles. The first-order valence-electron chi connectivity index (χ1n) is 6.76. The fraction of sp³-hybridized carbons (Fsp3) is 0.733. The lowest BCUT2D eigenvalue weighted by molar-refractivity contribution is 0.223. The Morgan fingerprint density at radius 2 is 1.94 bits per heavy atom. The van der Waals surface area contributed by atoms with E-state index in [1.807, 2.05) is 13.8 Å². The highest BCUT2D eigenvalue weighted by molar-refractivity contribution is 5.32. The summed E-state index contributed by atoms with van der Waals surface area (Å²) in [7, 11) is 2.25. The zero-order valence-corrected chi connectivity index (χ0v) is 11.6. The van der Waals surface area contributed by atoms with E-state index in [1.54, 1.807) is 11.1 Å². The molecule has 0 N–H and O–H groups in total. The van der Waals surface area contributed by atoms with Crippen LogP contribution in [0, 0.1) is 5.92 Å². The summed E-state index contributed by atoms with van der Waals surface area (Å²) in [5, 5.41) is 0. The Bertz CT molecular complexity index is 275. The van der Waals surface area contributed by atoms with E-state index in [4.69, 9.17) is 0 Å². The van der Waals surface area contributed by atoms with Gasteiger partial charge < -0.3 is 0 Å². The van der Waals surface area contributed by atoms with E-state index in [0.29, 0.717) is 6.04 Å². The maximum Gasteiger partial charge on any atom is 0.0233 e. The smallest absolute Gasteiger partial charge is 0.0233 e. The standard InChI is InChI=1S/C13H21N.C2H6/c1-10-8-12-6-4-5-7-13(12)9-14(3)11(10)2;1-2/h5,7,10-11H,4,6,8-9H2,1-3H3;1-2H3. The van der Waals surface area contributed by atoms with Crippen LogP contribution in [-0.2, 0) is 0 Å². The third-order valence-electron chi connectivity index (χ3n) is 3.89. The quantitative estimate of drug-likeness (QED) is 0.597. The normalized spacial score (nSPS) is 30.3. The van der Waals surface area contributed by atoms with Gasteiger partial charge in [0.1, 0.15) is 0 Å². The number of likely N-dealkylation sites (N-methyl/N-ethyl adjacent to an activating group) is 1. The highest BCUT2D eigenvalue weighted by atomic mass is 15.1. The molecule has 2 unspecified atom stereocenters. The van der Waals surface area contributed by atoms with Crippen molar-refractivity contribution < 1.29 is 0 Å². The third kappa shape index (κ3) is 2.98. The van der Waals surface area contributed by atoms with Gasteiger partial charge in [-0.15, -0.1) is 0 Å². The van der Waals surface area contributed by atoms with Gasteiger partial charge in [-0.1, -0.05) is 38.5 Å². The largest absolute Gasteiger partial charge is 0.299 e. The van der Waals surface area contributed by atoms with Gasteiger partial charge in [0.25, 0.3) is 0 Å². The predicted octanol–water partition coefficient (Wildman–Crippen LogP) is 4.02. The number of hydrogen-bond donors (Lipinski definition) is 0. The van der Waals surface area contributed by atoms with E-state index < -0.39 is 0 Å². The van der Waals surface area contributed by atoms with E-state index >= 15 is 0 Å². The molecule has 0 fully saturated rings. The molecule has 0 radical (unpaired) electrons. The Morgan fingerprint density at radius 1 is 1.25 bits per heavy atom. The van der Waals surface area contributed by atoms with Crippen molar-refractivity contribution in [1.82, 2.24) is 4.90 Å². The third-order valence-corrected chi connectivity index (χ3v) is 3.89. The topological polar surface area (TPSA) is 3.24 Å². The van der Waals surface area contributed by atoms with Gasteiger partial charge in [-0.2, -0.15) is 0 Å². The Hall–Kier alpha value is -0.560. The monoisotopic (exact) mass is 221 g/mol. The minimum absolute atomic E-state index is 0.717. The maximum absolute atomic E-state index is 2.49. The van der Waals surface area contributed by atoms with Gasteiger partial charge in [-0.25, -0.2) is 0 Å². The van der Waals surface area contributed by atoms with Gasteiger partial charge in [-0.3, -0.25) is 4.90 Å². The average molecular weight is 221 g/mol. The minimum atomic E-state index is 0.717. The van der Waals surface area contributed by atoms with Crippen LogP contribution >= 0.6 is 0 Å². The Morgan fingerprint density at radius 3 is 2.62 bits per heavy atom. The van der Waals surface area contributed by atoms with Crippen LogP contribution in [0.2, 0.25) is 0 Å². The molecule has 0 saturated carbocycles. The molecule has 0 spiro atoms. The molecular formula is C15H27N. The first-order chi connectivity index (χ1) is 7.68. The lowest BCUT2D eigenvalue weighted by atomic mass is 9.89. The maximum atomic E-state index is 2.49. The van der Waals surface area contributed by atoms with Crippen LogP contribution < -0.4 is 0 Å². The molecule has 1 heterocycles. The second-order valence-corrected chi connectivity index (χ2v) is 4.91. The summed E-state index contributed by atoms with van der Waals surface area (Å²) in [6, 6.07) is 0.717. The molecule has 0 aromatic rings. The molecule has 0 amide bonds. The SMILES string of the molecule is CC.CC1CC2=C(C=CCC2)CN(C)C1C. The first kappa shape index (κ1) is 13.5. The average Bonchev–Trinajstić information content (AvgIpc) is 2.42. The molecule has 1 aliphatic carbocycles. The van der Waals surface area contributed by atoms with Gasteiger partial charge in [0, 0.05) is 12.6 Å². The van der Waals surface area contributed by atoms with Crippen molar-refractivity contribution >= 4 is 0 Å². The lowest BCUT2D eigenvalue weighted by Gasteiger charge is -2.26. The summed E-state index contributed by atoms with van der Waals surface area (Å²) in [5.41, 5.74) is 3.31. The molecule has 1 heteroatoms. The van der Waals surface area contributed by atoms with E-state index in [0.717, 1.165) is 12.5 Å². The fourth-order valence-electron chi connectivity index (χ4n) is 2.57. The first-order valence-corrected chi connectivity index (χ1v) is 6.76. The van der Waals surface area contributed by atoms with Gasteiger partial charge in [0.05, 0.1) is 0 Å². The highest BCUT2D eigenvalue weighted by Gasteiger charge is 2.24. The van der Waals surface area contributed by atoms with Crippen molar-refractivity contribution in [3.63, 3.8) is 0 Å². The fourth-order valence-corrected chi connectivity index (χ4v) is 2.57. The highest BCUT2D eigenvalue weighted by Crippen LogP contribution is 2.31. The summed E-state index contributed by atoms with van der Waals surface area (Å²) >= 11 is 0. The molecule has 0 bridgehead atoms. The molecule has 0 aromatic heterocycles. The summed E-state index contributed by atoms with van der Waals surface area (Å²) in [4.78, 5) is 2.49. The van der Waals surface area contributed by atoms with Crippen LogP contribution in [0.25, 0.3) is 0 Å². The van der Waals surface area contributed by atoms with Crippen molar-refractivity contribution in [3.05, 3.63) is 23.3 Å². The Kier molecular flexibility index (Phi) is 5.27. The zero-order chi connectivity index (χ0) is 12.1. The van der Waals surface area contributed by atoms with Crippen LogP contribution in [0.15, 0.2) is 23.3 Å².